The summed E-state index contributed by atoms with van der Waals surface area (Å²) in [5, 5.41) is 12.6. The smallest absolute Gasteiger partial charge is 0.191 e. The molecule has 0 saturated carbocycles. The number of hydrogen-bond donors (Lipinski definition) is 2. The summed E-state index contributed by atoms with van der Waals surface area (Å²) in [5.41, 5.74) is 0.969. The molecule has 0 fully saturated rings. The number of guanidine groups is 1. The molecule has 0 spiro atoms. The normalized spacial score (nSPS) is 12.6. The molecule has 2 heterocycles. The maximum absolute atomic E-state index is 5.23. The molecule has 2 aromatic rings. The SMILES string of the molecule is CCc1cc(CNC(=NC)NC(C)c2cccs2)on1.I. The van der Waals surface area contributed by atoms with Gasteiger partial charge in [0.05, 0.1) is 18.3 Å². The van der Waals surface area contributed by atoms with Crippen LogP contribution in [0.5, 0.6) is 0 Å². The number of aliphatic imine (C=N–C) groups is 1. The van der Waals surface area contributed by atoms with Crippen LogP contribution in [-0.4, -0.2) is 18.2 Å². The molecule has 0 radical (unpaired) electrons. The predicted molar refractivity (Wildman–Crippen MR) is 97.4 cm³/mol. The van der Waals surface area contributed by atoms with Gasteiger partial charge in [0.2, 0.25) is 0 Å². The van der Waals surface area contributed by atoms with Gasteiger partial charge < -0.3 is 15.2 Å². The Hall–Kier alpha value is -1.09. The van der Waals surface area contributed by atoms with E-state index in [0.29, 0.717) is 6.54 Å². The Kier molecular flexibility index (Phi) is 7.73. The first-order valence-electron chi connectivity index (χ1n) is 6.68. The number of aromatic nitrogens is 1. The number of nitrogens with one attached hydrogen (secondary N) is 2. The molecule has 2 aromatic heterocycles. The van der Waals surface area contributed by atoms with Gasteiger partial charge in [-0.2, -0.15) is 0 Å². The number of nitrogens with zero attached hydrogens (tertiary/aromatic N) is 2. The van der Waals surface area contributed by atoms with E-state index in [1.807, 2.05) is 6.07 Å². The highest BCUT2D eigenvalue weighted by Crippen LogP contribution is 2.17. The minimum atomic E-state index is 0. The second-order valence-corrected chi connectivity index (χ2v) is 5.42. The lowest BCUT2D eigenvalue weighted by Crippen LogP contribution is -2.38. The first kappa shape index (κ1) is 18.0. The van der Waals surface area contributed by atoms with Gasteiger partial charge in [-0.25, -0.2) is 0 Å². The molecule has 21 heavy (non-hydrogen) atoms. The highest BCUT2D eigenvalue weighted by atomic mass is 127. The molecule has 0 aliphatic heterocycles. The summed E-state index contributed by atoms with van der Waals surface area (Å²) in [6.45, 7) is 4.74. The lowest BCUT2D eigenvalue weighted by atomic mass is 10.3. The van der Waals surface area contributed by atoms with Gasteiger partial charge in [0.15, 0.2) is 11.7 Å². The zero-order valence-corrected chi connectivity index (χ0v) is 15.6. The third-order valence-corrected chi connectivity index (χ3v) is 4.00. The van der Waals surface area contributed by atoms with Crippen LogP contribution in [0, 0.1) is 0 Å². The largest absolute Gasteiger partial charge is 0.359 e. The molecule has 0 saturated heterocycles. The molecule has 2 rings (SSSR count). The summed E-state index contributed by atoms with van der Waals surface area (Å²) in [6.07, 6.45) is 0.881. The maximum Gasteiger partial charge on any atom is 0.191 e. The van der Waals surface area contributed by atoms with Crippen molar-refractivity contribution in [3.63, 3.8) is 0 Å². The van der Waals surface area contributed by atoms with Crippen molar-refractivity contribution in [2.75, 3.05) is 7.05 Å². The van der Waals surface area contributed by atoms with Crippen LogP contribution in [0.2, 0.25) is 0 Å². The van der Waals surface area contributed by atoms with E-state index < -0.39 is 0 Å². The van der Waals surface area contributed by atoms with E-state index >= 15 is 0 Å². The zero-order valence-electron chi connectivity index (χ0n) is 12.4. The number of rotatable bonds is 5. The molecule has 0 aliphatic carbocycles. The molecule has 0 aromatic carbocycles. The van der Waals surface area contributed by atoms with Gasteiger partial charge in [-0.3, -0.25) is 4.99 Å². The molecule has 1 unspecified atom stereocenters. The zero-order chi connectivity index (χ0) is 14.4. The Morgan fingerprint density at radius 3 is 2.90 bits per heavy atom. The quantitative estimate of drug-likeness (QED) is 0.443. The standard InChI is InChI=1S/C14H20N4OS.HI/c1-4-11-8-12(19-18-11)9-16-14(15-3)17-10(2)13-6-5-7-20-13;/h5-8,10H,4,9H2,1-3H3,(H2,15,16,17);1H. The van der Waals surface area contributed by atoms with Crippen LogP contribution < -0.4 is 10.6 Å². The Balaban J connectivity index is 0.00000220. The Morgan fingerprint density at radius 1 is 1.52 bits per heavy atom. The van der Waals surface area contributed by atoms with E-state index in [0.717, 1.165) is 23.8 Å². The van der Waals surface area contributed by atoms with Gasteiger partial charge in [0, 0.05) is 18.0 Å². The van der Waals surface area contributed by atoms with Crippen LogP contribution in [0.4, 0.5) is 0 Å². The second-order valence-electron chi connectivity index (χ2n) is 4.45. The fraction of sp³-hybridized carbons (Fsp3) is 0.429. The van der Waals surface area contributed by atoms with Crippen LogP contribution in [0.25, 0.3) is 0 Å². The lowest BCUT2D eigenvalue weighted by Gasteiger charge is -2.16. The van der Waals surface area contributed by atoms with Gasteiger partial charge in [0.25, 0.3) is 0 Å². The highest BCUT2D eigenvalue weighted by molar-refractivity contribution is 14.0. The van der Waals surface area contributed by atoms with E-state index in [1.165, 1.54) is 4.88 Å². The molecular formula is C14H21IN4OS. The van der Waals surface area contributed by atoms with Gasteiger partial charge in [-0.05, 0) is 24.8 Å². The van der Waals surface area contributed by atoms with Crippen LogP contribution in [-0.2, 0) is 13.0 Å². The number of aryl methyl sites for hydroxylation is 1. The maximum atomic E-state index is 5.23. The van der Waals surface area contributed by atoms with Gasteiger partial charge in [0.1, 0.15) is 0 Å². The molecule has 116 valence electrons. The summed E-state index contributed by atoms with van der Waals surface area (Å²) in [7, 11) is 1.76. The first-order valence-corrected chi connectivity index (χ1v) is 7.56. The van der Waals surface area contributed by atoms with Crippen molar-refractivity contribution in [1.29, 1.82) is 0 Å². The number of thiophene rings is 1. The number of hydrogen-bond acceptors (Lipinski definition) is 4. The van der Waals surface area contributed by atoms with Crippen LogP contribution in [0.1, 0.15) is 36.2 Å². The number of halogens is 1. The van der Waals surface area contributed by atoms with E-state index in [-0.39, 0.29) is 30.0 Å². The van der Waals surface area contributed by atoms with Crippen LogP contribution in [0.3, 0.4) is 0 Å². The van der Waals surface area contributed by atoms with Crippen molar-refractivity contribution in [3.8, 4) is 0 Å². The van der Waals surface area contributed by atoms with Crippen LogP contribution in [0.15, 0.2) is 33.1 Å². The summed E-state index contributed by atoms with van der Waals surface area (Å²) >= 11 is 1.73. The van der Waals surface area contributed by atoms with Gasteiger partial charge >= 0.3 is 0 Å². The average Bonchev–Trinajstić information content (AvgIpc) is 3.13. The van der Waals surface area contributed by atoms with Crippen LogP contribution >= 0.6 is 35.3 Å². The van der Waals surface area contributed by atoms with Crippen molar-refractivity contribution in [3.05, 3.63) is 39.9 Å². The molecule has 5 nitrogen and oxygen atoms in total. The molecule has 0 aliphatic rings. The second kappa shape index (κ2) is 9.04. The molecule has 7 heteroatoms. The fourth-order valence-electron chi connectivity index (χ4n) is 1.79. The molecule has 0 bridgehead atoms. The summed E-state index contributed by atoms with van der Waals surface area (Å²) in [5.74, 6) is 1.56. The minimum Gasteiger partial charge on any atom is -0.359 e. The third-order valence-electron chi connectivity index (χ3n) is 2.95. The molecular weight excluding hydrogens is 399 g/mol. The lowest BCUT2D eigenvalue weighted by molar-refractivity contribution is 0.374. The summed E-state index contributed by atoms with van der Waals surface area (Å²) in [6, 6.07) is 6.35. The fourth-order valence-corrected chi connectivity index (χ4v) is 2.52. The summed E-state index contributed by atoms with van der Waals surface area (Å²) < 4.78 is 5.23. The van der Waals surface area contributed by atoms with Crippen molar-refractivity contribution in [1.82, 2.24) is 15.8 Å². The molecule has 0 amide bonds. The van der Waals surface area contributed by atoms with Gasteiger partial charge in [-0.1, -0.05) is 18.1 Å². The Morgan fingerprint density at radius 2 is 2.33 bits per heavy atom. The Labute approximate surface area is 146 Å². The molecule has 2 N–H and O–H groups in total. The van der Waals surface area contributed by atoms with Crippen molar-refractivity contribution < 1.29 is 4.52 Å². The van der Waals surface area contributed by atoms with E-state index in [2.05, 4.69) is 52.1 Å². The monoisotopic (exact) mass is 420 g/mol. The van der Waals surface area contributed by atoms with Crippen molar-refractivity contribution >= 4 is 41.3 Å². The first-order chi connectivity index (χ1) is 9.72. The average molecular weight is 420 g/mol. The van der Waals surface area contributed by atoms with Gasteiger partial charge in [-0.15, -0.1) is 35.3 Å². The third kappa shape index (κ3) is 5.31. The predicted octanol–water partition coefficient (Wildman–Crippen LogP) is 3.34. The summed E-state index contributed by atoms with van der Waals surface area (Å²) in [4.78, 5) is 5.50. The minimum absolute atomic E-state index is 0. The van der Waals surface area contributed by atoms with E-state index in [9.17, 15) is 0 Å². The molecule has 1 atom stereocenters. The highest BCUT2D eigenvalue weighted by Gasteiger charge is 2.09. The van der Waals surface area contributed by atoms with Crippen molar-refractivity contribution in [2.24, 2.45) is 4.99 Å². The van der Waals surface area contributed by atoms with E-state index in [4.69, 9.17) is 4.52 Å². The van der Waals surface area contributed by atoms with E-state index in [1.54, 1.807) is 18.4 Å². The topological polar surface area (TPSA) is 62.5 Å². The Bertz CT molecular complexity index is 553. The van der Waals surface area contributed by atoms with Crippen molar-refractivity contribution in [2.45, 2.75) is 32.9 Å².